The van der Waals surface area contributed by atoms with Crippen LogP contribution < -0.4 is 0 Å². The fraction of sp³-hybridized carbons (Fsp3) is 0.471. The number of aliphatic hydroxyl groups excluding tert-OH is 1. The topological polar surface area (TPSA) is 73.2 Å². The van der Waals surface area contributed by atoms with Crippen LogP contribution in [0.25, 0.3) is 0 Å². The second kappa shape index (κ2) is 7.36. The molecule has 1 aromatic carbocycles. The van der Waals surface area contributed by atoms with E-state index >= 15 is 0 Å². The molecule has 1 unspecified atom stereocenters. The lowest BCUT2D eigenvalue weighted by Gasteiger charge is -2.30. The standard InChI is InChI=1S/C17H21N3O3S/c1-12-11-24-15-5-3-2-4-13(15)10-19(12)17(23)14-6-7-16(22)20(18-14)8-9-21/h2-5,12,21H,6-11H2,1H3. The summed E-state index contributed by atoms with van der Waals surface area (Å²) < 4.78 is 0. The lowest BCUT2D eigenvalue weighted by atomic mass is 10.1. The third-order valence-corrected chi connectivity index (χ3v) is 5.61. The molecule has 1 aromatic rings. The molecule has 2 aliphatic heterocycles. The molecule has 0 saturated heterocycles. The number of rotatable bonds is 3. The smallest absolute Gasteiger partial charge is 0.270 e. The van der Waals surface area contributed by atoms with Crippen LogP contribution in [0, 0.1) is 0 Å². The van der Waals surface area contributed by atoms with E-state index in [4.69, 9.17) is 5.11 Å². The first-order valence-corrected chi connectivity index (χ1v) is 9.09. The lowest BCUT2D eigenvalue weighted by molar-refractivity contribution is -0.132. The number of thioether (sulfide) groups is 1. The van der Waals surface area contributed by atoms with Gasteiger partial charge in [0, 0.05) is 36.1 Å². The number of β-amino-alcohol motifs (C(OH)–C–C–N with tert-alkyl or cyclic N) is 1. The van der Waals surface area contributed by atoms with Gasteiger partial charge in [-0.1, -0.05) is 18.2 Å². The van der Waals surface area contributed by atoms with Crippen LogP contribution in [-0.2, 0) is 16.1 Å². The number of nitrogens with zero attached hydrogens (tertiary/aromatic N) is 3. The summed E-state index contributed by atoms with van der Waals surface area (Å²) in [5.74, 6) is 0.565. The van der Waals surface area contributed by atoms with E-state index in [9.17, 15) is 9.59 Å². The Morgan fingerprint density at radius 2 is 2.17 bits per heavy atom. The monoisotopic (exact) mass is 347 g/mol. The maximum absolute atomic E-state index is 13.0. The summed E-state index contributed by atoms with van der Waals surface area (Å²) >= 11 is 1.76. The number of benzene rings is 1. The van der Waals surface area contributed by atoms with Crippen molar-refractivity contribution in [1.82, 2.24) is 9.91 Å². The van der Waals surface area contributed by atoms with Crippen molar-refractivity contribution in [2.24, 2.45) is 5.10 Å². The van der Waals surface area contributed by atoms with Crippen LogP contribution >= 0.6 is 11.8 Å². The van der Waals surface area contributed by atoms with Gasteiger partial charge in [0.2, 0.25) is 5.91 Å². The molecule has 0 fully saturated rings. The highest BCUT2D eigenvalue weighted by Crippen LogP contribution is 2.30. The first-order chi connectivity index (χ1) is 11.6. The molecule has 0 radical (unpaired) electrons. The Morgan fingerprint density at radius 1 is 1.38 bits per heavy atom. The zero-order chi connectivity index (χ0) is 17.1. The summed E-state index contributed by atoms with van der Waals surface area (Å²) in [6.45, 7) is 2.55. The Bertz CT molecular complexity index is 677. The van der Waals surface area contributed by atoms with E-state index in [1.54, 1.807) is 11.8 Å². The average molecular weight is 347 g/mol. The van der Waals surface area contributed by atoms with Gasteiger partial charge in [-0.3, -0.25) is 9.59 Å². The predicted octanol–water partition coefficient (Wildman–Crippen LogP) is 1.48. The minimum Gasteiger partial charge on any atom is -0.394 e. The van der Waals surface area contributed by atoms with E-state index in [-0.39, 0.29) is 37.4 Å². The third-order valence-electron chi connectivity index (χ3n) is 4.25. The van der Waals surface area contributed by atoms with E-state index in [0.29, 0.717) is 18.7 Å². The summed E-state index contributed by atoms with van der Waals surface area (Å²) in [4.78, 5) is 27.8. The van der Waals surface area contributed by atoms with Gasteiger partial charge in [-0.05, 0) is 18.6 Å². The fourth-order valence-corrected chi connectivity index (χ4v) is 3.97. The number of carbonyl (C=O) groups excluding carboxylic acids is 2. The molecule has 0 aliphatic carbocycles. The molecule has 2 heterocycles. The average Bonchev–Trinajstić information content (AvgIpc) is 2.76. The summed E-state index contributed by atoms with van der Waals surface area (Å²) in [7, 11) is 0. The Morgan fingerprint density at radius 3 is 2.96 bits per heavy atom. The molecule has 1 atom stereocenters. The second-order valence-corrected chi connectivity index (χ2v) is 7.05. The van der Waals surface area contributed by atoms with Gasteiger partial charge in [-0.25, -0.2) is 5.01 Å². The van der Waals surface area contributed by atoms with Crippen LogP contribution in [0.3, 0.4) is 0 Å². The molecule has 6 nitrogen and oxygen atoms in total. The van der Waals surface area contributed by atoms with Gasteiger partial charge in [0.1, 0.15) is 5.71 Å². The van der Waals surface area contributed by atoms with Crippen LogP contribution in [0.15, 0.2) is 34.3 Å². The van der Waals surface area contributed by atoms with Crippen LogP contribution in [0.4, 0.5) is 0 Å². The largest absolute Gasteiger partial charge is 0.394 e. The van der Waals surface area contributed by atoms with Crippen molar-refractivity contribution >= 4 is 29.3 Å². The van der Waals surface area contributed by atoms with Gasteiger partial charge in [0.05, 0.1) is 13.2 Å². The molecular weight excluding hydrogens is 326 g/mol. The Hall–Kier alpha value is -1.86. The molecule has 2 aliphatic rings. The molecular formula is C17H21N3O3S. The normalized spacial score (nSPS) is 21.2. The molecule has 0 bridgehead atoms. The van der Waals surface area contributed by atoms with Gasteiger partial charge in [-0.15, -0.1) is 11.8 Å². The van der Waals surface area contributed by atoms with Crippen molar-refractivity contribution in [1.29, 1.82) is 0 Å². The maximum Gasteiger partial charge on any atom is 0.270 e. The molecule has 0 saturated carbocycles. The zero-order valence-electron chi connectivity index (χ0n) is 13.6. The molecule has 2 amide bonds. The number of hydrazone groups is 1. The van der Waals surface area contributed by atoms with Crippen molar-refractivity contribution in [2.75, 3.05) is 18.9 Å². The number of hydrogen-bond donors (Lipinski definition) is 1. The lowest BCUT2D eigenvalue weighted by Crippen LogP contribution is -2.45. The molecule has 3 rings (SSSR count). The van der Waals surface area contributed by atoms with Crippen molar-refractivity contribution in [3.8, 4) is 0 Å². The van der Waals surface area contributed by atoms with Gasteiger partial charge in [0.25, 0.3) is 5.91 Å². The van der Waals surface area contributed by atoms with Crippen molar-refractivity contribution in [2.45, 2.75) is 37.2 Å². The van der Waals surface area contributed by atoms with Crippen molar-refractivity contribution in [3.63, 3.8) is 0 Å². The molecule has 24 heavy (non-hydrogen) atoms. The zero-order valence-corrected chi connectivity index (χ0v) is 14.5. The number of hydrogen-bond acceptors (Lipinski definition) is 5. The highest BCUT2D eigenvalue weighted by molar-refractivity contribution is 7.99. The van der Waals surface area contributed by atoms with Crippen LogP contribution in [0.1, 0.15) is 25.3 Å². The van der Waals surface area contributed by atoms with E-state index in [0.717, 1.165) is 11.3 Å². The van der Waals surface area contributed by atoms with E-state index in [2.05, 4.69) is 11.2 Å². The van der Waals surface area contributed by atoms with Gasteiger partial charge in [-0.2, -0.15) is 5.10 Å². The number of aliphatic hydroxyl groups is 1. The highest BCUT2D eigenvalue weighted by atomic mass is 32.2. The van der Waals surface area contributed by atoms with Crippen LogP contribution in [0.5, 0.6) is 0 Å². The highest BCUT2D eigenvalue weighted by Gasteiger charge is 2.31. The number of amides is 2. The summed E-state index contributed by atoms with van der Waals surface area (Å²) in [6, 6.07) is 8.21. The molecule has 1 N–H and O–H groups in total. The van der Waals surface area contributed by atoms with E-state index < -0.39 is 0 Å². The molecule has 7 heteroatoms. The molecule has 128 valence electrons. The minimum atomic E-state index is -0.166. The van der Waals surface area contributed by atoms with Crippen molar-refractivity contribution < 1.29 is 14.7 Å². The number of fused-ring (bicyclic) bond motifs is 1. The second-order valence-electron chi connectivity index (χ2n) is 5.99. The summed E-state index contributed by atoms with van der Waals surface area (Å²) in [5.41, 5.74) is 1.54. The Kier molecular flexibility index (Phi) is 5.20. The van der Waals surface area contributed by atoms with Crippen LogP contribution in [0.2, 0.25) is 0 Å². The first-order valence-electron chi connectivity index (χ1n) is 8.10. The molecule has 0 aromatic heterocycles. The predicted molar refractivity (Wildman–Crippen MR) is 92.6 cm³/mol. The third kappa shape index (κ3) is 3.47. The SMILES string of the molecule is CC1CSc2ccccc2CN1C(=O)C1=NN(CCO)C(=O)CC1. The maximum atomic E-state index is 13.0. The fourth-order valence-electron chi connectivity index (χ4n) is 2.88. The first kappa shape index (κ1) is 17.0. The summed E-state index contributed by atoms with van der Waals surface area (Å²) in [6.07, 6.45) is 0.621. The van der Waals surface area contributed by atoms with Gasteiger partial charge < -0.3 is 10.0 Å². The molecule has 0 spiro atoms. The Balaban J connectivity index is 1.83. The van der Waals surface area contributed by atoms with Gasteiger partial charge >= 0.3 is 0 Å². The van der Waals surface area contributed by atoms with Gasteiger partial charge in [0.15, 0.2) is 0 Å². The quantitative estimate of drug-likeness (QED) is 0.899. The van der Waals surface area contributed by atoms with E-state index in [1.165, 1.54) is 9.90 Å². The minimum absolute atomic E-state index is 0.0847. The van der Waals surface area contributed by atoms with Crippen LogP contribution in [-0.4, -0.2) is 57.5 Å². The summed E-state index contributed by atoms with van der Waals surface area (Å²) in [5, 5.41) is 14.4. The Labute approximate surface area is 145 Å². The van der Waals surface area contributed by atoms with E-state index in [1.807, 2.05) is 30.0 Å². The van der Waals surface area contributed by atoms with Crippen molar-refractivity contribution in [3.05, 3.63) is 29.8 Å². The number of carbonyl (C=O) groups is 2.